The number of benzene rings is 1. The van der Waals surface area contributed by atoms with E-state index >= 15 is 0 Å². The minimum Gasteiger partial charge on any atom is -0.282 e. The van der Waals surface area contributed by atoms with Gasteiger partial charge in [-0.05, 0) is 29.5 Å². The molecule has 0 aliphatic rings. The number of hydrogen-bond acceptors (Lipinski definition) is 2. The van der Waals surface area contributed by atoms with Crippen LogP contribution in [0.4, 0.5) is 0 Å². The molecule has 0 bridgehead atoms. The zero-order valence-corrected chi connectivity index (χ0v) is 10.3. The first-order valence-corrected chi connectivity index (χ1v) is 6.52. The van der Waals surface area contributed by atoms with E-state index in [2.05, 4.69) is 6.58 Å². The van der Waals surface area contributed by atoms with Crippen molar-refractivity contribution in [3.8, 4) is 0 Å². The van der Waals surface area contributed by atoms with Gasteiger partial charge in [0.05, 0.1) is 4.90 Å². The highest BCUT2D eigenvalue weighted by Crippen LogP contribution is 2.23. The predicted octanol–water partition coefficient (Wildman–Crippen LogP) is 2.77. The molecule has 1 N–H and O–H groups in total. The Bertz CT molecular complexity index is 487. The van der Waals surface area contributed by atoms with E-state index in [9.17, 15) is 8.42 Å². The molecule has 4 heteroatoms. The van der Waals surface area contributed by atoms with E-state index in [4.69, 9.17) is 4.55 Å². The van der Waals surface area contributed by atoms with Crippen LogP contribution in [-0.4, -0.2) is 13.0 Å². The summed E-state index contributed by atoms with van der Waals surface area (Å²) >= 11 is 0. The summed E-state index contributed by atoms with van der Waals surface area (Å²) in [4.78, 5) is -0.0152. The molecule has 0 saturated carbocycles. The minimum atomic E-state index is -4.16. The fourth-order valence-electron chi connectivity index (χ4n) is 1.64. The molecule has 0 radical (unpaired) electrons. The highest BCUT2D eigenvalue weighted by atomic mass is 32.2. The van der Waals surface area contributed by atoms with Gasteiger partial charge in [0.25, 0.3) is 10.1 Å². The first kappa shape index (κ1) is 12.9. The lowest BCUT2D eigenvalue weighted by atomic mass is 9.98. The molecule has 0 amide bonds. The molecule has 88 valence electrons. The van der Waals surface area contributed by atoms with Crippen molar-refractivity contribution in [3.05, 3.63) is 35.9 Å². The molecule has 0 aliphatic heterocycles. The molecule has 0 unspecified atom stereocenters. The van der Waals surface area contributed by atoms with Crippen molar-refractivity contribution in [1.82, 2.24) is 0 Å². The van der Waals surface area contributed by atoms with Crippen LogP contribution < -0.4 is 0 Å². The second kappa shape index (κ2) is 4.80. The standard InChI is InChI=1S/C12H16O3S/c1-4-10-6-5-7-12(16(13,14)15)11(10)8-9(2)3/h4-7,9H,1,8H2,2-3H3,(H,13,14,15). The fourth-order valence-corrected chi connectivity index (χ4v) is 2.41. The highest BCUT2D eigenvalue weighted by Gasteiger charge is 2.17. The van der Waals surface area contributed by atoms with Crippen LogP contribution in [0.15, 0.2) is 29.7 Å². The number of hydrogen-bond donors (Lipinski definition) is 1. The Labute approximate surface area is 96.6 Å². The molecule has 0 aliphatic carbocycles. The van der Waals surface area contributed by atoms with Crippen LogP contribution in [0.3, 0.4) is 0 Å². The van der Waals surface area contributed by atoms with Crippen LogP contribution >= 0.6 is 0 Å². The Morgan fingerprint density at radius 1 is 1.44 bits per heavy atom. The smallest absolute Gasteiger partial charge is 0.282 e. The largest absolute Gasteiger partial charge is 0.294 e. The van der Waals surface area contributed by atoms with Crippen molar-refractivity contribution >= 4 is 16.2 Å². The van der Waals surface area contributed by atoms with E-state index in [-0.39, 0.29) is 4.90 Å². The van der Waals surface area contributed by atoms with Crippen LogP contribution in [0.5, 0.6) is 0 Å². The van der Waals surface area contributed by atoms with Gasteiger partial charge in [0.2, 0.25) is 0 Å². The average Bonchev–Trinajstić information content (AvgIpc) is 2.15. The molecule has 1 aromatic rings. The summed E-state index contributed by atoms with van der Waals surface area (Å²) in [6.45, 7) is 7.63. The summed E-state index contributed by atoms with van der Waals surface area (Å²) in [6, 6.07) is 4.81. The lowest BCUT2D eigenvalue weighted by Crippen LogP contribution is -2.07. The van der Waals surface area contributed by atoms with Gasteiger partial charge in [-0.2, -0.15) is 8.42 Å². The van der Waals surface area contributed by atoms with Gasteiger partial charge in [0, 0.05) is 0 Å². The zero-order chi connectivity index (χ0) is 12.3. The third-order valence-corrected chi connectivity index (χ3v) is 3.22. The fraction of sp³-hybridized carbons (Fsp3) is 0.333. The van der Waals surface area contributed by atoms with Gasteiger partial charge < -0.3 is 0 Å². The van der Waals surface area contributed by atoms with E-state index in [1.54, 1.807) is 18.2 Å². The van der Waals surface area contributed by atoms with E-state index in [1.165, 1.54) is 6.07 Å². The van der Waals surface area contributed by atoms with E-state index in [0.29, 0.717) is 17.9 Å². The van der Waals surface area contributed by atoms with Gasteiger partial charge in [-0.25, -0.2) is 0 Å². The van der Waals surface area contributed by atoms with Crippen molar-refractivity contribution < 1.29 is 13.0 Å². The molecule has 1 rings (SSSR count). The molecule has 0 spiro atoms. The van der Waals surface area contributed by atoms with Crippen molar-refractivity contribution in [2.24, 2.45) is 5.92 Å². The van der Waals surface area contributed by atoms with Crippen LogP contribution in [0.25, 0.3) is 6.08 Å². The molecule has 16 heavy (non-hydrogen) atoms. The van der Waals surface area contributed by atoms with Gasteiger partial charge in [-0.15, -0.1) is 0 Å². The van der Waals surface area contributed by atoms with Crippen molar-refractivity contribution in [1.29, 1.82) is 0 Å². The van der Waals surface area contributed by atoms with Crippen LogP contribution in [-0.2, 0) is 16.5 Å². The highest BCUT2D eigenvalue weighted by molar-refractivity contribution is 7.85. The monoisotopic (exact) mass is 240 g/mol. The normalized spacial score (nSPS) is 11.8. The Kier molecular flexibility index (Phi) is 3.88. The molecule has 0 atom stereocenters. The summed E-state index contributed by atoms with van der Waals surface area (Å²) in [7, 11) is -4.16. The Morgan fingerprint density at radius 3 is 2.50 bits per heavy atom. The second-order valence-electron chi connectivity index (χ2n) is 4.10. The molecule has 0 heterocycles. The lowest BCUT2D eigenvalue weighted by molar-refractivity contribution is 0.481. The van der Waals surface area contributed by atoms with Crippen LogP contribution in [0, 0.1) is 5.92 Å². The maximum Gasteiger partial charge on any atom is 0.294 e. The Morgan fingerprint density at radius 2 is 2.06 bits per heavy atom. The molecular weight excluding hydrogens is 224 g/mol. The Balaban J connectivity index is 3.43. The summed E-state index contributed by atoms with van der Waals surface area (Å²) in [5.74, 6) is 0.307. The zero-order valence-electron chi connectivity index (χ0n) is 9.47. The van der Waals surface area contributed by atoms with Crippen molar-refractivity contribution in [3.63, 3.8) is 0 Å². The van der Waals surface area contributed by atoms with Crippen molar-refractivity contribution in [2.45, 2.75) is 25.2 Å². The maximum atomic E-state index is 11.2. The summed E-state index contributed by atoms with van der Waals surface area (Å²) in [5, 5.41) is 0. The summed E-state index contributed by atoms with van der Waals surface area (Å²) < 4.78 is 31.6. The van der Waals surface area contributed by atoms with Gasteiger partial charge in [-0.1, -0.05) is 38.6 Å². The average molecular weight is 240 g/mol. The van der Waals surface area contributed by atoms with Gasteiger partial charge in [0.15, 0.2) is 0 Å². The summed E-state index contributed by atoms with van der Waals surface area (Å²) in [5.41, 5.74) is 1.39. The van der Waals surface area contributed by atoms with Gasteiger partial charge in [-0.3, -0.25) is 4.55 Å². The topological polar surface area (TPSA) is 54.4 Å². The quantitative estimate of drug-likeness (QED) is 0.823. The summed E-state index contributed by atoms with van der Waals surface area (Å²) in [6.07, 6.45) is 2.20. The molecule has 0 fully saturated rings. The van der Waals surface area contributed by atoms with Crippen LogP contribution in [0.2, 0.25) is 0 Å². The van der Waals surface area contributed by atoms with E-state index in [1.807, 2.05) is 13.8 Å². The number of rotatable bonds is 4. The SMILES string of the molecule is C=Cc1cccc(S(=O)(=O)O)c1CC(C)C. The van der Waals surface area contributed by atoms with E-state index < -0.39 is 10.1 Å². The lowest BCUT2D eigenvalue weighted by Gasteiger charge is -2.12. The van der Waals surface area contributed by atoms with Crippen LogP contribution in [0.1, 0.15) is 25.0 Å². The van der Waals surface area contributed by atoms with Crippen molar-refractivity contribution in [2.75, 3.05) is 0 Å². The molecule has 1 aromatic carbocycles. The first-order chi connectivity index (χ1) is 7.36. The maximum absolute atomic E-state index is 11.2. The van der Waals surface area contributed by atoms with Gasteiger partial charge in [0.1, 0.15) is 0 Å². The second-order valence-corrected chi connectivity index (χ2v) is 5.49. The third kappa shape index (κ3) is 2.93. The first-order valence-electron chi connectivity index (χ1n) is 5.08. The molecule has 0 aromatic heterocycles. The molecule has 0 saturated heterocycles. The van der Waals surface area contributed by atoms with Gasteiger partial charge >= 0.3 is 0 Å². The Hall–Kier alpha value is -1.13. The van der Waals surface area contributed by atoms with E-state index in [0.717, 1.165) is 5.56 Å². The minimum absolute atomic E-state index is 0.0152. The molecule has 3 nitrogen and oxygen atoms in total. The molecular formula is C12H16O3S. The predicted molar refractivity (Wildman–Crippen MR) is 64.9 cm³/mol. The third-order valence-electron chi connectivity index (χ3n) is 2.28.